The normalized spacial score (nSPS) is 14.0. The van der Waals surface area contributed by atoms with Crippen LogP contribution in [0.2, 0.25) is 0 Å². The van der Waals surface area contributed by atoms with Gasteiger partial charge in [-0.25, -0.2) is 4.98 Å². The van der Waals surface area contributed by atoms with Crippen molar-refractivity contribution in [2.45, 2.75) is 6.92 Å². The second-order valence-electron chi connectivity index (χ2n) is 6.24. The molecule has 0 saturated carbocycles. The molecule has 7 nitrogen and oxygen atoms in total. The summed E-state index contributed by atoms with van der Waals surface area (Å²) in [5, 5.41) is 2.71. The first kappa shape index (κ1) is 18.7. The molecule has 0 spiro atoms. The van der Waals surface area contributed by atoms with E-state index < -0.39 is 0 Å². The van der Waals surface area contributed by atoms with Gasteiger partial charge in [0.2, 0.25) is 5.91 Å². The molecule has 7 heteroatoms. The molecular formula is C20H25N4O3+. The lowest BCUT2D eigenvalue weighted by Gasteiger charge is -2.35. The van der Waals surface area contributed by atoms with Gasteiger partial charge in [-0.05, 0) is 19.1 Å². The molecule has 0 unspecified atom stereocenters. The lowest BCUT2D eigenvalue weighted by molar-refractivity contribution is -0.377. The van der Waals surface area contributed by atoms with Crippen LogP contribution in [0.4, 0.5) is 5.69 Å². The van der Waals surface area contributed by atoms with Gasteiger partial charge < -0.3 is 19.9 Å². The Morgan fingerprint density at radius 3 is 2.48 bits per heavy atom. The number of piperazine rings is 1. The lowest BCUT2D eigenvalue weighted by atomic mass is 10.2. The zero-order valence-corrected chi connectivity index (χ0v) is 15.5. The molecule has 0 radical (unpaired) electrons. The highest BCUT2D eigenvalue weighted by Crippen LogP contribution is 2.18. The van der Waals surface area contributed by atoms with Gasteiger partial charge >= 0.3 is 0 Å². The van der Waals surface area contributed by atoms with E-state index in [4.69, 9.17) is 4.74 Å². The van der Waals surface area contributed by atoms with E-state index in [-0.39, 0.29) is 18.4 Å². The SMILES string of the molecule is CCOc1ccccc1C(=O)NCC(=O)N1CCN(c2cc[nH+]cc2)CC1. The highest BCUT2D eigenvalue weighted by atomic mass is 16.5. The number of pyridine rings is 1. The first-order valence-corrected chi connectivity index (χ1v) is 9.18. The molecule has 142 valence electrons. The molecule has 1 aromatic carbocycles. The quantitative estimate of drug-likeness (QED) is 0.824. The summed E-state index contributed by atoms with van der Waals surface area (Å²) in [7, 11) is 0. The van der Waals surface area contributed by atoms with Crippen molar-refractivity contribution >= 4 is 17.5 Å². The van der Waals surface area contributed by atoms with E-state index in [0.717, 1.165) is 18.8 Å². The topological polar surface area (TPSA) is 76.0 Å². The van der Waals surface area contributed by atoms with Gasteiger partial charge in [0.25, 0.3) is 5.91 Å². The molecule has 0 atom stereocenters. The third-order valence-corrected chi connectivity index (χ3v) is 4.53. The number of nitrogens with zero attached hydrogens (tertiary/aromatic N) is 2. The van der Waals surface area contributed by atoms with Crippen LogP contribution in [0.15, 0.2) is 48.8 Å². The molecule has 2 N–H and O–H groups in total. The number of carbonyl (C=O) groups is 2. The zero-order valence-electron chi connectivity index (χ0n) is 15.5. The van der Waals surface area contributed by atoms with Crippen molar-refractivity contribution in [3.8, 4) is 5.75 Å². The Balaban J connectivity index is 1.50. The molecular weight excluding hydrogens is 344 g/mol. The molecule has 2 amide bonds. The van der Waals surface area contributed by atoms with Crippen LogP contribution in [0.5, 0.6) is 5.75 Å². The average molecular weight is 369 g/mol. The fraction of sp³-hybridized carbons (Fsp3) is 0.350. The van der Waals surface area contributed by atoms with Crippen molar-refractivity contribution in [3.63, 3.8) is 0 Å². The number of ether oxygens (including phenoxy) is 1. The van der Waals surface area contributed by atoms with Gasteiger partial charge in [-0.15, -0.1) is 0 Å². The van der Waals surface area contributed by atoms with Crippen LogP contribution < -0.4 is 19.9 Å². The number of aromatic amines is 1. The van der Waals surface area contributed by atoms with Gasteiger partial charge in [-0.3, -0.25) is 9.59 Å². The summed E-state index contributed by atoms with van der Waals surface area (Å²) in [6, 6.07) is 11.1. The maximum absolute atomic E-state index is 12.4. The first-order valence-electron chi connectivity index (χ1n) is 9.18. The number of hydrogen-bond donors (Lipinski definition) is 1. The molecule has 0 bridgehead atoms. The predicted molar refractivity (Wildman–Crippen MR) is 102 cm³/mol. The molecule has 1 fully saturated rings. The number of hydrogen-bond acceptors (Lipinski definition) is 4. The zero-order chi connectivity index (χ0) is 19.1. The second kappa shape index (κ2) is 9.02. The van der Waals surface area contributed by atoms with Crippen LogP contribution in [-0.2, 0) is 4.79 Å². The Labute approximate surface area is 158 Å². The average Bonchev–Trinajstić information content (AvgIpc) is 2.73. The van der Waals surface area contributed by atoms with Crippen LogP contribution in [0.1, 0.15) is 17.3 Å². The fourth-order valence-electron chi connectivity index (χ4n) is 3.10. The van der Waals surface area contributed by atoms with Crippen LogP contribution in [0, 0.1) is 0 Å². The Morgan fingerprint density at radius 1 is 1.07 bits per heavy atom. The number of aromatic nitrogens is 1. The van der Waals surface area contributed by atoms with Crippen LogP contribution >= 0.6 is 0 Å². The third-order valence-electron chi connectivity index (χ3n) is 4.53. The van der Waals surface area contributed by atoms with E-state index in [2.05, 4.69) is 15.2 Å². The third kappa shape index (κ3) is 4.75. The minimum absolute atomic E-state index is 0.0143. The van der Waals surface area contributed by atoms with Crippen molar-refractivity contribution in [1.82, 2.24) is 10.2 Å². The largest absolute Gasteiger partial charge is 0.493 e. The Morgan fingerprint density at radius 2 is 1.78 bits per heavy atom. The van der Waals surface area contributed by atoms with E-state index in [0.29, 0.717) is 31.0 Å². The summed E-state index contributed by atoms with van der Waals surface area (Å²) in [4.78, 5) is 31.9. The predicted octanol–water partition coefficient (Wildman–Crippen LogP) is 0.978. The van der Waals surface area contributed by atoms with Crippen molar-refractivity contribution in [1.29, 1.82) is 0 Å². The number of carbonyl (C=O) groups excluding carboxylic acids is 2. The maximum Gasteiger partial charge on any atom is 0.255 e. The Kier molecular flexibility index (Phi) is 6.25. The molecule has 1 saturated heterocycles. The van der Waals surface area contributed by atoms with Crippen molar-refractivity contribution in [2.24, 2.45) is 0 Å². The lowest BCUT2D eigenvalue weighted by Crippen LogP contribution is -2.51. The summed E-state index contributed by atoms with van der Waals surface area (Å²) in [6.07, 6.45) is 3.78. The standard InChI is InChI=1S/C20H24N4O3/c1-2-27-18-6-4-3-5-17(18)20(26)22-15-19(25)24-13-11-23(12-14-24)16-7-9-21-10-8-16/h3-10H,2,11-15H2,1H3,(H,22,26)/p+1. The van der Waals surface area contributed by atoms with Gasteiger partial charge in [0.1, 0.15) is 5.75 Å². The number of H-pyrrole nitrogens is 1. The van der Waals surface area contributed by atoms with Crippen molar-refractivity contribution in [2.75, 3.05) is 44.2 Å². The molecule has 2 heterocycles. The van der Waals surface area contributed by atoms with Gasteiger partial charge in [0, 0.05) is 44.0 Å². The van der Waals surface area contributed by atoms with E-state index >= 15 is 0 Å². The molecule has 0 aliphatic carbocycles. The van der Waals surface area contributed by atoms with Crippen molar-refractivity contribution < 1.29 is 19.3 Å². The molecule has 1 aromatic heterocycles. The maximum atomic E-state index is 12.4. The van der Waals surface area contributed by atoms with E-state index in [1.54, 1.807) is 23.1 Å². The molecule has 2 aromatic rings. The summed E-state index contributed by atoms with van der Waals surface area (Å²) < 4.78 is 5.47. The van der Waals surface area contributed by atoms with Gasteiger partial charge in [0.15, 0.2) is 12.4 Å². The molecule has 3 rings (SSSR count). The number of benzene rings is 1. The monoisotopic (exact) mass is 369 g/mol. The number of anilines is 1. The summed E-state index contributed by atoms with van der Waals surface area (Å²) >= 11 is 0. The number of amides is 2. The van der Waals surface area contributed by atoms with E-state index in [9.17, 15) is 9.59 Å². The number of nitrogens with one attached hydrogen (secondary N) is 2. The van der Waals surface area contributed by atoms with Gasteiger partial charge in [-0.2, -0.15) is 0 Å². The highest BCUT2D eigenvalue weighted by Gasteiger charge is 2.22. The molecule has 27 heavy (non-hydrogen) atoms. The number of para-hydroxylation sites is 1. The summed E-state index contributed by atoms with van der Waals surface area (Å²) in [5.41, 5.74) is 1.58. The summed E-state index contributed by atoms with van der Waals surface area (Å²) in [6.45, 7) is 5.16. The minimum atomic E-state index is -0.299. The molecule has 1 aliphatic rings. The Bertz CT molecular complexity index is 774. The minimum Gasteiger partial charge on any atom is -0.493 e. The van der Waals surface area contributed by atoms with Gasteiger partial charge in [0.05, 0.1) is 18.7 Å². The number of rotatable bonds is 6. The van der Waals surface area contributed by atoms with E-state index in [1.807, 2.05) is 37.5 Å². The summed E-state index contributed by atoms with van der Waals surface area (Å²) in [5.74, 6) is 0.156. The Hall–Kier alpha value is -3.09. The van der Waals surface area contributed by atoms with Crippen molar-refractivity contribution in [3.05, 3.63) is 54.4 Å². The van der Waals surface area contributed by atoms with Gasteiger partial charge in [-0.1, -0.05) is 12.1 Å². The first-order chi connectivity index (χ1) is 13.2. The van der Waals surface area contributed by atoms with Crippen LogP contribution in [0.3, 0.4) is 0 Å². The second-order valence-corrected chi connectivity index (χ2v) is 6.24. The highest BCUT2D eigenvalue weighted by molar-refractivity contribution is 5.98. The van der Waals surface area contributed by atoms with Crippen LogP contribution in [-0.4, -0.2) is 56.0 Å². The van der Waals surface area contributed by atoms with Crippen LogP contribution in [0.25, 0.3) is 0 Å². The van der Waals surface area contributed by atoms with E-state index in [1.165, 1.54) is 0 Å². The fourth-order valence-corrected chi connectivity index (χ4v) is 3.10. The molecule has 1 aliphatic heterocycles. The smallest absolute Gasteiger partial charge is 0.255 e.